The van der Waals surface area contributed by atoms with Crippen molar-refractivity contribution in [2.45, 2.75) is 31.7 Å². The Bertz CT molecular complexity index is 294. The molecular weight excluding hydrogens is 210 g/mol. The van der Waals surface area contributed by atoms with Gasteiger partial charge in [-0.2, -0.15) is 0 Å². The van der Waals surface area contributed by atoms with Gasteiger partial charge >= 0.3 is 5.97 Å². The minimum atomic E-state index is -1.08. The molecule has 0 aromatic heterocycles. The lowest BCUT2D eigenvalue weighted by atomic mass is 10.0. The van der Waals surface area contributed by atoms with Crippen LogP contribution in [0.4, 0.5) is 0 Å². The fraction of sp³-hybridized carbons (Fsp3) is 0.818. The molecular formula is C11H17NO4. The molecule has 0 spiro atoms. The number of fused-ring (bicyclic) bond motifs is 1. The molecule has 3 N–H and O–H groups in total. The first kappa shape index (κ1) is 11.4. The molecule has 0 aromatic carbocycles. The summed E-state index contributed by atoms with van der Waals surface area (Å²) in [4.78, 5) is 22.5. The number of amides is 1. The topological polar surface area (TPSA) is 86.6 Å². The largest absolute Gasteiger partial charge is 0.480 e. The van der Waals surface area contributed by atoms with E-state index in [1.807, 2.05) is 0 Å². The molecule has 2 aliphatic rings. The third-order valence-electron chi connectivity index (χ3n) is 3.65. The van der Waals surface area contributed by atoms with Crippen LogP contribution >= 0.6 is 0 Å². The van der Waals surface area contributed by atoms with Crippen LogP contribution in [-0.2, 0) is 9.59 Å². The number of carbonyl (C=O) groups is 2. The summed E-state index contributed by atoms with van der Waals surface area (Å²) in [5.74, 6) is 0.164. The highest BCUT2D eigenvalue weighted by atomic mass is 16.4. The van der Waals surface area contributed by atoms with E-state index in [9.17, 15) is 9.59 Å². The zero-order chi connectivity index (χ0) is 11.7. The molecule has 90 valence electrons. The minimum Gasteiger partial charge on any atom is -0.480 e. The lowest BCUT2D eigenvalue weighted by molar-refractivity contribution is -0.143. The van der Waals surface area contributed by atoms with Crippen LogP contribution in [0.1, 0.15) is 25.7 Å². The molecule has 16 heavy (non-hydrogen) atoms. The summed E-state index contributed by atoms with van der Waals surface area (Å²) < 4.78 is 0. The first-order valence-corrected chi connectivity index (χ1v) is 5.76. The van der Waals surface area contributed by atoms with E-state index in [0.29, 0.717) is 11.8 Å². The highest BCUT2D eigenvalue weighted by Gasteiger charge is 2.48. The zero-order valence-corrected chi connectivity index (χ0v) is 9.06. The van der Waals surface area contributed by atoms with E-state index < -0.39 is 12.0 Å². The Morgan fingerprint density at radius 1 is 1.25 bits per heavy atom. The van der Waals surface area contributed by atoms with Gasteiger partial charge in [-0.05, 0) is 31.1 Å². The molecule has 2 saturated carbocycles. The Morgan fingerprint density at radius 2 is 1.88 bits per heavy atom. The summed E-state index contributed by atoms with van der Waals surface area (Å²) in [5.41, 5.74) is 0. The summed E-state index contributed by atoms with van der Waals surface area (Å²) in [5, 5.41) is 20.0. The molecule has 2 rings (SSSR count). The summed E-state index contributed by atoms with van der Waals surface area (Å²) in [6.45, 7) is -0.229. The van der Waals surface area contributed by atoms with Crippen molar-refractivity contribution in [3.05, 3.63) is 0 Å². The van der Waals surface area contributed by atoms with E-state index in [2.05, 4.69) is 5.32 Å². The van der Waals surface area contributed by atoms with E-state index in [0.717, 1.165) is 12.8 Å². The second kappa shape index (κ2) is 4.41. The lowest BCUT2D eigenvalue weighted by Gasteiger charge is -2.17. The Kier molecular flexibility index (Phi) is 3.14. The fourth-order valence-electron chi connectivity index (χ4n) is 2.60. The quantitative estimate of drug-likeness (QED) is 0.616. The van der Waals surface area contributed by atoms with Gasteiger partial charge in [0.2, 0.25) is 5.91 Å². The average molecular weight is 227 g/mol. The molecule has 0 aromatic rings. The van der Waals surface area contributed by atoms with E-state index >= 15 is 0 Å². The van der Waals surface area contributed by atoms with Crippen LogP contribution in [-0.4, -0.2) is 34.7 Å². The van der Waals surface area contributed by atoms with Gasteiger partial charge in [-0.25, -0.2) is 4.79 Å². The minimum absolute atomic E-state index is 0.00991. The number of carboxylic acid groups (broad SMARTS) is 1. The molecule has 2 unspecified atom stereocenters. The molecule has 3 atom stereocenters. The van der Waals surface area contributed by atoms with Crippen LogP contribution in [0.25, 0.3) is 0 Å². The van der Waals surface area contributed by atoms with Crippen LogP contribution in [0.2, 0.25) is 0 Å². The number of carbonyl (C=O) groups excluding carboxylic acids is 1. The van der Waals surface area contributed by atoms with Crippen molar-refractivity contribution in [1.82, 2.24) is 5.32 Å². The molecule has 2 fully saturated rings. The van der Waals surface area contributed by atoms with Crippen molar-refractivity contribution >= 4 is 11.9 Å². The predicted molar refractivity (Wildman–Crippen MR) is 55.6 cm³/mol. The summed E-state index contributed by atoms with van der Waals surface area (Å²) >= 11 is 0. The molecule has 5 heteroatoms. The van der Waals surface area contributed by atoms with Crippen LogP contribution in [0.15, 0.2) is 0 Å². The van der Waals surface area contributed by atoms with Gasteiger partial charge in [0.05, 0.1) is 0 Å². The number of rotatable bonds is 5. The molecule has 2 aliphatic carbocycles. The molecule has 0 aliphatic heterocycles. The summed E-state index contributed by atoms with van der Waals surface area (Å²) in [6.07, 6.45) is 3.12. The number of aliphatic carboxylic acids is 1. The maximum Gasteiger partial charge on any atom is 0.326 e. The highest BCUT2D eigenvalue weighted by molar-refractivity contribution is 5.85. The monoisotopic (exact) mass is 227 g/mol. The van der Waals surface area contributed by atoms with Crippen molar-refractivity contribution in [3.8, 4) is 0 Å². The van der Waals surface area contributed by atoms with Crippen molar-refractivity contribution in [2.75, 3.05) is 6.61 Å². The van der Waals surface area contributed by atoms with Gasteiger partial charge in [0.1, 0.15) is 6.04 Å². The van der Waals surface area contributed by atoms with Gasteiger partial charge in [0.15, 0.2) is 0 Å². The van der Waals surface area contributed by atoms with E-state index in [1.54, 1.807) is 0 Å². The summed E-state index contributed by atoms with van der Waals surface area (Å²) in [6, 6.07) is -0.950. The second-order valence-electron chi connectivity index (χ2n) is 4.84. The normalized spacial score (nSPS) is 32.9. The maximum atomic E-state index is 11.7. The van der Waals surface area contributed by atoms with Gasteiger partial charge in [-0.3, -0.25) is 4.79 Å². The number of aliphatic hydroxyl groups is 1. The standard InChI is InChI=1S/C11H17NO4/c13-2-1-9(11(15)16)12-10(14)8-4-6-3-7(6)5-8/h6-9,13H,1-5H2,(H,12,14)(H,15,16)/t6?,7?,8?,9-/m0/s1. The molecule has 0 bridgehead atoms. The number of aliphatic hydroxyl groups excluding tert-OH is 1. The number of carboxylic acids is 1. The molecule has 0 saturated heterocycles. The zero-order valence-electron chi connectivity index (χ0n) is 9.06. The van der Waals surface area contributed by atoms with Gasteiger partial charge in [0, 0.05) is 18.9 Å². The van der Waals surface area contributed by atoms with Crippen LogP contribution in [0, 0.1) is 17.8 Å². The highest BCUT2D eigenvalue weighted by Crippen LogP contribution is 2.54. The van der Waals surface area contributed by atoms with Gasteiger partial charge in [-0.15, -0.1) is 0 Å². The van der Waals surface area contributed by atoms with Crippen LogP contribution in [0.5, 0.6) is 0 Å². The van der Waals surface area contributed by atoms with Gasteiger partial charge in [0.25, 0.3) is 0 Å². The molecule has 0 radical (unpaired) electrons. The van der Waals surface area contributed by atoms with Crippen LogP contribution < -0.4 is 5.32 Å². The van der Waals surface area contributed by atoms with E-state index in [4.69, 9.17) is 10.2 Å². The van der Waals surface area contributed by atoms with Crippen molar-refractivity contribution in [3.63, 3.8) is 0 Å². The average Bonchev–Trinajstić information content (AvgIpc) is 2.84. The van der Waals surface area contributed by atoms with Crippen molar-refractivity contribution in [1.29, 1.82) is 0 Å². The Morgan fingerprint density at radius 3 is 2.38 bits per heavy atom. The van der Waals surface area contributed by atoms with Crippen molar-refractivity contribution < 1.29 is 19.8 Å². The smallest absolute Gasteiger partial charge is 0.326 e. The molecule has 5 nitrogen and oxygen atoms in total. The van der Waals surface area contributed by atoms with Crippen LogP contribution in [0.3, 0.4) is 0 Å². The second-order valence-corrected chi connectivity index (χ2v) is 4.84. The summed E-state index contributed by atoms with van der Waals surface area (Å²) in [7, 11) is 0. The van der Waals surface area contributed by atoms with Gasteiger partial charge in [-0.1, -0.05) is 0 Å². The molecule has 0 heterocycles. The molecule has 1 amide bonds. The maximum absolute atomic E-state index is 11.7. The number of nitrogens with one attached hydrogen (secondary N) is 1. The first-order valence-electron chi connectivity index (χ1n) is 5.76. The SMILES string of the molecule is O=C(N[C@@H](CCO)C(=O)O)C1CC2CC2C1. The van der Waals surface area contributed by atoms with E-state index in [-0.39, 0.29) is 24.9 Å². The number of hydrogen-bond donors (Lipinski definition) is 3. The lowest BCUT2D eigenvalue weighted by Crippen LogP contribution is -2.43. The van der Waals surface area contributed by atoms with Crippen molar-refractivity contribution in [2.24, 2.45) is 17.8 Å². The third-order valence-corrected chi connectivity index (χ3v) is 3.65. The number of hydrogen-bond acceptors (Lipinski definition) is 3. The first-order chi connectivity index (χ1) is 7.61. The Hall–Kier alpha value is -1.10. The van der Waals surface area contributed by atoms with E-state index in [1.165, 1.54) is 6.42 Å². The fourth-order valence-corrected chi connectivity index (χ4v) is 2.60. The predicted octanol–water partition coefficient (Wildman–Crippen LogP) is -0.0157. The Balaban J connectivity index is 1.82. The Labute approximate surface area is 93.8 Å². The van der Waals surface area contributed by atoms with Gasteiger partial charge < -0.3 is 15.5 Å². The third kappa shape index (κ3) is 2.35.